The van der Waals surface area contributed by atoms with Gasteiger partial charge in [0.25, 0.3) is 0 Å². The molecule has 0 aliphatic rings. The average Bonchev–Trinajstić information content (AvgIpc) is 2.40. The molecule has 0 amide bonds. The number of benzene rings is 1. The number of pyridine rings is 1. The van der Waals surface area contributed by atoms with E-state index >= 15 is 0 Å². The Labute approximate surface area is 99.8 Å². The van der Waals surface area contributed by atoms with E-state index in [1.165, 1.54) is 0 Å². The van der Waals surface area contributed by atoms with E-state index in [1.807, 2.05) is 36.4 Å². The van der Waals surface area contributed by atoms with Crippen molar-refractivity contribution in [3.63, 3.8) is 0 Å². The van der Waals surface area contributed by atoms with E-state index in [0.29, 0.717) is 5.69 Å². The fourth-order valence-corrected chi connectivity index (χ4v) is 1.39. The van der Waals surface area contributed by atoms with Crippen LogP contribution >= 0.6 is 0 Å². The molecule has 4 nitrogen and oxygen atoms in total. The Bertz CT molecular complexity index is 494. The molecule has 0 saturated carbocycles. The molecule has 4 heteroatoms. The number of nitrogens with zero attached hydrogens (tertiary/aromatic N) is 1. The molecule has 1 aromatic heterocycles. The second kappa shape index (κ2) is 5.12. The van der Waals surface area contributed by atoms with E-state index in [2.05, 4.69) is 10.3 Å². The normalized spacial score (nSPS) is 9.71. The summed E-state index contributed by atoms with van der Waals surface area (Å²) in [5.74, 6) is 1.07. The third-order valence-electron chi connectivity index (χ3n) is 2.28. The summed E-state index contributed by atoms with van der Waals surface area (Å²) in [6.45, 7) is 0. The maximum atomic E-state index is 7.86. The van der Waals surface area contributed by atoms with Gasteiger partial charge < -0.3 is 10.1 Å². The third kappa shape index (κ3) is 2.81. The summed E-state index contributed by atoms with van der Waals surface area (Å²) in [4.78, 5) is 4.10. The van der Waals surface area contributed by atoms with Crippen molar-refractivity contribution >= 4 is 11.5 Å². The van der Waals surface area contributed by atoms with Crippen LogP contribution in [0.4, 0.5) is 5.69 Å². The van der Waals surface area contributed by atoms with Gasteiger partial charge in [0.1, 0.15) is 17.3 Å². The molecule has 0 radical (unpaired) electrons. The quantitative estimate of drug-likeness (QED) is 0.625. The molecule has 17 heavy (non-hydrogen) atoms. The number of hydrogen-bond acceptors (Lipinski definition) is 3. The zero-order chi connectivity index (χ0) is 12.1. The van der Waals surface area contributed by atoms with Crippen molar-refractivity contribution in [2.75, 3.05) is 12.4 Å². The van der Waals surface area contributed by atoms with Crippen molar-refractivity contribution in [1.82, 2.24) is 4.98 Å². The maximum Gasteiger partial charge on any atom is 0.148 e. The number of hydrogen-bond donors (Lipinski definition) is 2. The number of ether oxygens (including phenoxy) is 1. The average molecular weight is 227 g/mol. The molecule has 0 spiro atoms. The molecule has 0 aliphatic heterocycles. The van der Waals surface area contributed by atoms with Crippen LogP contribution in [0, 0.1) is 5.41 Å². The van der Waals surface area contributed by atoms with Crippen LogP contribution in [0.3, 0.4) is 0 Å². The summed E-state index contributed by atoms with van der Waals surface area (Å²) in [6.07, 6.45) is 1.67. The molecule has 0 aliphatic carbocycles. The smallest absolute Gasteiger partial charge is 0.148 e. The number of methoxy groups -OCH3 is 1. The van der Waals surface area contributed by atoms with Crippen LogP contribution in [0.2, 0.25) is 0 Å². The van der Waals surface area contributed by atoms with Crippen LogP contribution in [-0.2, 0) is 0 Å². The minimum Gasteiger partial charge on any atom is -0.497 e. The fraction of sp³-hybridized carbons (Fsp3) is 0.0769. The van der Waals surface area contributed by atoms with Crippen LogP contribution in [0.1, 0.15) is 5.69 Å². The van der Waals surface area contributed by atoms with Crippen molar-refractivity contribution in [3.05, 3.63) is 54.4 Å². The van der Waals surface area contributed by atoms with E-state index < -0.39 is 0 Å². The Morgan fingerprint density at radius 2 is 1.94 bits per heavy atom. The topological polar surface area (TPSA) is 58.0 Å². The van der Waals surface area contributed by atoms with E-state index in [1.54, 1.807) is 19.4 Å². The molecule has 1 heterocycles. The largest absolute Gasteiger partial charge is 0.497 e. The van der Waals surface area contributed by atoms with Gasteiger partial charge in [0.15, 0.2) is 0 Å². The van der Waals surface area contributed by atoms with Crippen LogP contribution in [-0.4, -0.2) is 17.9 Å². The first-order valence-electron chi connectivity index (χ1n) is 5.20. The summed E-state index contributed by atoms with van der Waals surface area (Å²) in [7, 11) is 1.62. The van der Waals surface area contributed by atoms with Gasteiger partial charge in [-0.3, -0.25) is 10.4 Å². The highest BCUT2D eigenvalue weighted by atomic mass is 16.5. The van der Waals surface area contributed by atoms with E-state index in [-0.39, 0.29) is 5.84 Å². The van der Waals surface area contributed by atoms with Crippen molar-refractivity contribution in [1.29, 1.82) is 5.41 Å². The van der Waals surface area contributed by atoms with Gasteiger partial charge in [0, 0.05) is 11.9 Å². The third-order valence-corrected chi connectivity index (χ3v) is 2.28. The Balaban J connectivity index is 2.08. The molecular formula is C13H13N3O. The lowest BCUT2D eigenvalue weighted by molar-refractivity contribution is 0.415. The molecule has 1 aromatic carbocycles. The molecule has 2 N–H and O–H groups in total. The lowest BCUT2D eigenvalue weighted by Gasteiger charge is -2.07. The van der Waals surface area contributed by atoms with E-state index in [0.717, 1.165) is 11.4 Å². The molecule has 2 aromatic rings. The molecule has 86 valence electrons. The van der Waals surface area contributed by atoms with Crippen LogP contribution in [0.25, 0.3) is 0 Å². The summed E-state index contributed by atoms with van der Waals surface area (Å²) in [6, 6.07) is 12.9. The van der Waals surface area contributed by atoms with E-state index in [4.69, 9.17) is 10.1 Å². The minimum absolute atomic E-state index is 0.274. The van der Waals surface area contributed by atoms with Crippen molar-refractivity contribution in [2.24, 2.45) is 0 Å². The Hall–Kier alpha value is -2.36. The predicted molar refractivity (Wildman–Crippen MR) is 67.7 cm³/mol. The lowest BCUT2D eigenvalue weighted by atomic mass is 10.2. The molecule has 0 bridgehead atoms. The zero-order valence-corrected chi connectivity index (χ0v) is 9.47. The van der Waals surface area contributed by atoms with Crippen LogP contribution < -0.4 is 10.1 Å². The standard InChI is InChI=1S/C13H13N3O/c1-17-11-7-5-10(6-8-11)16-13(14)12-4-2-3-9-15-12/h2-9H,1H3,(H2,14,16). The highest BCUT2D eigenvalue weighted by molar-refractivity contribution is 6.04. The number of anilines is 1. The fourth-order valence-electron chi connectivity index (χ4n) is 1.39. The van der Waals surface area contributed by atoms with E-state index in [9.17, 15) is 0 Å². The summed E-state index contributed by atoms with van der Waals surface area (Å²) < 4.78 is 5.06. The molecule has 0 atom stereocenters. The Morgan fingerprint density at radius 3 is 2.53 bits per heavy atom. The van der Waals surface area contributed by atoms with Crippen LogP contribution in [0.15, 0.2) is 48.7 Å². The second-order valence-electron chi connectivity index (χ2n) is 3.44. The Morgan fingerprint density at radius 1 is 1.18 bits per heavy atom. The summed E-state index contributed by atoms with van der Waals surface area (Å²) in [5.41, 5.74) is 1.45. The number of aromatic nitrogens is 1. The predicted octanol–water partition coefficient (Wildman–Crippen LogP) is 2.53. The van der Waals surface area contributed by atoms with Crippen molar-refractivity contribution in [2.45, 2.75) is 0 Å². The SMILES string of the molecule is COc1ccc(NC(=N)c2ccccn2)cc1. The number of nitrogens with one attached hydrogen (secondary N) is 2. The van der Waals surface area contributed by atoms with Gasteiger partial charge in [-0.15, -0.1) is 0 Å². The molecular weight excluding hydrogens is 214 g/mol. The Kier molecular flexibility index (Phi) is 3.35. The van der Waals surface area contributed by atoms with Crippen LogP contribution in [0.5, 0.6) is 5.75 Å². The maximum absolute atomic E-state index is 7.86. The summed E-state index contributed by atoms with van der Waals surface area (Å²) in [5, 5.41) is 10.8. The van der Waals surface area contributed by atoms with Gasteiger partial charge >= 0.3 is 0 Å². The lowest BCUT2D eigenvalue weighted by Crippen LogP contribution is -2.13. The number of rotatable bonds is 3. The van der Waals surface area contributed by atoms with Gasteiger partial charge in [-0.05, 0) is 36.4 Å². The van der Waals surface area contributed by atoms with Gasteiger partial charge in [-0.1, -0.05) is 6.07 Å². The van der Waals surface area contributed by atoms with Gasteiger partial charge in [0.2, 0.25) is 0 Å². The highest BCUT2D eigenvalue weighted by Crippen LogP contribution is 2.15. The first kappa shape index (κ1) is 11.1. The number of amidine groups is 1. The first-order chi connectivity index (χ1) is 8.29. The highest BCUT2D eigenvalue weighted by Gasteiger charge is 2.02. The molecule has 0 fully saturated rings. The molecule has 2 rings (SSSR count). The van der Waals surface area contributed by atoms with Gasteiger partial charge in [-0.25, -0.2) is 0 Å². The van der Waals surface area contributed by atoms with Crippen molar-refractivity contribution in [3.8, 4) is 5.75 Å². The first-order valence-corrected chi connectivity index (χ1v) is 5.20. The minimum atomic E-state index is 0.274. The van der Waals surface area contributed by atoms with Crippen molar-refractivity contribution < 1.29 is 4.74 Å². The molecule has 0 unspecified atom stereocenters. The molecule has 0 saturated heterocycles. The summed E-state index contributed by atoms with van der Waals surface area (Å²) >= 11 is 0. The van der Waals surface area contributed by atoms with Gasteiger partial charge in [-0.2, -0.15) is 0 Å². The monoisotopic (exact) mass is 227 g/mol. The van der Waals surface area contributed by atoms with Gasteiger partial charge in [0.05, 0.1) is 7.11 Å². The second-order valence-corrected chi connectivity index (χ2v) is 3.44. The zero-order valence-electron chi connectivity index (χ0n) is 9.47.